The molecule has 3 nitrogen and oxygen atoms in total. The molecule has 3 aliphatic rings. The normalized spacial score (nSPS) is 42.3. The van der Waals surface area contributed by atoms with Crippen molar-refractivity contribution >= 4 is 0 Å². The predicted molar refractivity (Wildman–Crippen MR) is 73.4 cm³/mol. The Morgan fingerprint density at radius 1 is 1.33 bits per heavy atom. The summed E-state index contributed by atoms with van der Waals surface area (Å²) in [5.41, 5.74) is 6.55. The number of nitrogens with zero attached hydrogens (tertiary/aromatic N) is 1. The fourth-order valence-electron chi connectivity index (χ4n) is 4.52. The van der Waals surface area contributed by atoms with Crippen molar-refractivity contribution in [1.29, 1.82) is 0 Å². The Hall–Kier alpha value is -0.120. The standard InChI is InChI=1S/C15H28N2O/c1-2-5-17-6-7-18-14(10-17)15(16)13-9-11-3-4-12(13)8-11/h11-15H,2-10,16H2,1H3. The van der Waals surface area contributed by atoms with Gasteiger partial charge in [-0.2, -0.15) is 0 Å². The van der Waals surface area contributed by atoms with E-state index in [0.29, 0.717) is 0 Å². The van der Waals surface area contributed by atoms with Gasteiger partial charge in [0.2, 0.25) is 0 Å². The van der Waals surface area contributed by atoms with Crippen LogP contribution in [0.5, 0.6) is 0 Å². The lowest BCUT2D eigenvalue weighted by molar-refractivity contribution is -0.0532. The van der Waals surface area contributed by atoms with Crippen LogP contribution >= 0.6 is 0 Å². The second-order valence-electron chi connectivity index (χ2n) is 6.63. The fourth-order valence-corrected chi connectivity index (χ4v) is 4.52. The van der Waals surface area contributed by atoms with Gasteiger partial charge in [-0.05, 0) is 50.0 Å². The molecular formula is C15H28N2O. The van der Waals surface area contributed by atoms with E-state index in [4.69, 9.17) is 10.5 Å². The van der Waals surface area contributed by atoms with E-state index in [9.17, 15) is 0 Å². The molecule has 104 valence electrons. The van der Waals surface area contributed by atoms with E-state index in [0.717, 1.165) is 37.5 Å². The molecule has 2 N–H and O–H groups in total. The number of hydrogen-bond donors (Lipinski definition) is 1. The zero-order chi connectivity index (χ0) is 12.5. The summed E-state index contributed by atoms with van der Waals surface area (Å²) in [4.78, 5) is 2.53. The largest absolute Gasteiger partial charge is 0.374 e. The van der Waals surface area contributed by atoms with Gasteiger partial charge in [0.1, 0.15) is 0 Å². The monoisotopic (exact) mass is 252 g/mol. The minimum Gasteiger partial charge on any atom is -0.374 e. The maximum atomic E-state index is 6.55. The zero-order valence-electron chi connectivity index (χ0n) is 11.7. The smallest absolute Gasteiger partial charge is 0.0855 e. The van der Waals surface area contributed by atoms with Gasteiger partial charge in [-0.1, -0.05) is 13.3 Å². The molecule has 3 fully saturated rings. The van der Waals surface area contributed by atoms with Crippen LogP contribution in [0, 0.1) is 17.8 Å². The lowest BCUT2D eigenvalue weighted by Gasteiger charge is -2.39. The van der Waals surface area contributed by atoms with Crippen LogP contribution in [-0.4, -0.2) is 43.3 Å². The van der Waals surface area contributed by atoms with Gasteiger partial charge in [0.05, 0.1) is 12.7 Å². The lowest BCUT2D eigenvalue weighted by Crippen LogP contribution is -2.54. The molecule has 0 radical (unpaired) electrons. The van der Waals surface area contributed by atoms with E-state index >= 15 is 0 Å². The van der Waals surface area contributed by atoms with Crippen molar-refractivity contribution in [3.63, 3.8) is 0 Å². The molecule has 3 heteroatoms. The Labute approximate surface area is 111 Å². The molecule has 5 atom stereocenters. The van der Waals surface area contributed by atoms with Crippen molar-refractivity contribution < 1.29 is 4.74 Å². The van der Waals surface area contributed by atoms with Crippen LogP contribution < -0.4 is 5.73 Å². The number of hydrogen-bond acceptors (Lipinski definition) is 3. The third-order valence-corrected chi connectivity index (χ3v) is 5.43. The highest BCUT2D eigenvalue weighted by molar-refractivity contribution is 4.97. The van der Waals surface area contributed by atoms with Gasteiger partial charge >= 0.3 is 0 Å². The number of morpholine rings is 1. The molecule has 18 heavy (non-hydrogen) atoms. The quantitative estimate of drug-likeness (QED) is 0.830. The Kier molecular flexibility index (Phi) is 3.92. The molecule has 0 amide bonds. The zero-order valence-corrected chi connectivity index (χ0v) is 11.7. The van der Waals surface area contributed by atoms with Gasteiger partial charge < -0.3 is 10.5 Å². The Morgan fingerprint density at radius 3 is 2.89 bits per heavy atom. The Morgan fingerprint density at radius 2 is 2.22 bits per heavy atom. The maximum absolute atomic E-state index is 6.55. The molecule has 0 spiro atoms. The van der Waals surface area contributed by atoms with E-state index in [1.54, 1.807) is 0 Å². The first kappa shape index (κ1) is 12.9. The highest BCUT2D eigenvalue weighted by atomic mass is 16.5. The van der Waals surface area contributed by atoms with Crippen molar-refractivity contribution in [2.75, 3.05) is 26.2 Å². The topological polar surface area (TPSA) is 38.5 Å². The lowest BCUT2D eigenvalue weighted by atomic mass is 9.81. The summed E-state index contributed by atoms with van der Waals surface area (Å²) in [7, 11) is 0. The van der Waals surface area contributed by atoms with Crippen LogP contribution in [0.25, 0.3) is 0 Å². The molecule has 2 saturated carbocycles. The molecule has 3 rings (SSSR count). The van der Waals surface area contributed by atoms with E-state index in [1.807, 2.05) is 0 Å². The van der Waals surface area contributed by atoms with Crippen LogP contribution in [-0.2, 0) is 4.74 Å². The van der Waals surface area contributed by atoms with Crippen molar-refractivity contribution in [1.82, 2.24) is 4.90 Å². The van der Waals surface area contributed by atoms with E-state index in [-0.39, 0.29) is 12.1 Å². The molecule has 5 unspecified atom stereocenters. The third-order valence-electron chi connectivity index (χ3n) is 5.43. The van der Waals surface area contributed by atoms with Crippen LogP contribution in [0.3, 0.4) is 0 Å². The van der Waals surface area contributed by atoms with Gasteiger partial charge in [0.15, 0.2) is 0 Å². The first-order valence-electron chi connectivity index (χ1n) is 7.87. The maximum Gasteiger partial charge on any atom is 0.0855 e. The third kappa shape index (κ3) is 2.45. The first-order chi connectivity index (χ1) is 8.78. The number of ether oxygens (including phenoxy) is 1. The van der Waals surface area contributed by atoms with E-state index in [1.165, 1.54) is 38.6 Å². The predicted octanol–water partition coefficient (Wildman–Crippen LogP) is 1.86. The summed E-state index contributed by atoms with van der Waals surface area (Å²) in [6.07, 6.45) is 7.23. The molecule has 2 bridgehead atoms. The van der Waals surface area contributed by atoms with Gasteiger partial charge in [0, 0.05) is 19.1 Å². The van der Waals surface area contributed by atoms with Crippen LogP contribution in [0.1, 0.15) is 39.0 Å². The SMILES string of the molecule is CCCN1CCOC(C(N)C2CC3CCC2C3)C1. The summed E-state index contributed by atoms with van der Waals surface area (Å²) in [5, 5.41) is 0. The van der Waals surface area contributed by atoms with Crippen LogP contribution in [0.15, 0.2) is 0 Å². The van der Waals surface area contributed by atoms with Gasteiger partial charge in [-0.3, -0.25) is 4.90 Å². The average molecular weight is 252 g/mol. The molecule has 1 saturated heterocycles. The molecule has 1 aliphatic heterocycles. The number of rotatable bonds is 4. The summed E-state index contributed by atoms with van der Waals surface area (Å²) >= 11 is 0. The molecule has 0 aromatic carbocycles. The van der Waals surface area contributed by atoms with E-state index < -0.39 is 0 Å². The van der Waals surface area contributed by atoms with Gasteiger partial charge in [-0.25, -0.2) is 0 Å². The van der Waals surface area contributed by atoms with Crippen LogP contribution in [0.4, 0.5) is 0 Å². The molecule has 0 aromatic heterocycles. The van der Waals surface area contributed by atoms with E-state index in [2.05, 4.69) is 11.8 Å². The molecule has 0 aromatic rings. The van der Waals surface area contributed by atoms with Gasteiger partial charge in [-0.15, -0.1) is 0 Å². The Balaban J connectivity index is 1.56. The highest BCUT2D eigenvalue weighted by Gasteiger charge is 2.44. The Bertz CT molecular complexity index is 282. The van der Waals surface area contributed by atoms with Crippen molar-refractivity contribution in [2.45, 2.75) is 51.2 Å². The molecule has 2 aliphatic carbocycles. The summed E-state index contributed by atoms with van der Waals surface area (Å²) in [5.74, 6) is 2.65. The molecule has 1 heterocycles. The van der Waals surface area contributed by atoms with Crippen molar-refractivity contribution in [2.24, 2.45) is 23.5 Å². The number of fused-ring (bicyclic) bond motifs is 2. The minimum absolute atomic E-state index is 0.278. The van der Waals surface area contributed by atoms with Crippen LogP contribution in [0.2, 0.25) is 0 Å². The van der Waals surface area contributed by atoms with Crippen molar-refractivity contribution in [3.8, 4) is 0 Å². The summed E-state index contributed by atoms with van der Waals surface area (Å²) in [6.45, 7) is 6.47. The summed E-state index contributed by atoms with van der Waals surface area (Å²) in [6, 6.07) is 0.278. The van der Waals surface area contributed by atoms with Gasteiger partial charge in [0.25, 0.3) is 0 Å². The van der Waals surface area contributed by atoms with Crippen molar-refractivity contribution in [3.05, 3.63) is 0 Å². The second kappa shape index (κ2) is 5.48. The second-order valence-corrected chi connectivity index (χ2v) is 6.63. The fraction of sp³-hybridized carbons (Fsp3) is 1.00. The number of nitrogens with two attached hydrogens (primary N) is 1. The highest BCUT2D eigenvalue weighted by Crippen LogP contribution is 2.49. The molecular weight excluding hydrogens is 224 g/mol. The summed E-state index contributed by atoms with van der Waals surface area (Å²) < 4.78 is 5.97. The average Bonchev–Trinajstić information content (AvgIpc) is 3.01. The minimum atomic E-state index is 0.278. The first-order valence-corrected chi connectivity index (χ1v) is 7.87.